The number of nitrogens with zero attached hydrogens (tertiary/aromatic N) is 1. The van der Waals surface area contributed by atoms with Gasteiger partial charge in [0.2, 0.25) is 0 Å². The first-order valence-electron chi connectivity index (χ1n) is 9.18. The number of hydrogen-bond acceptors (Lipinski definition) is 3. The molecule has 5 heteroatoms. The van der Waals surface area contributed by atoms with Crippen molar-refractivity contribution < 1.29 is 9.53 Å². The van der Waals surface area contributed by atoms with Gasteiger partial charge >= 0.3 is 6.03 Å². The van der Waals surface area contributed by atoms with Crippen molar-refractivity contribution in [3.05, 3.63) is 66.2 Å². The van der Waals surface area contributed by atoms with E-state index < -0.39 is 6.03 Å². The van der Waals surface area contributed by atoms with Gasteiger partial charge in [-0.2, -0.15) is 0 Å². The Bertz CT molecular complexity index is 947. The molecule has 3 aromatic rings. The van der Waals surface area contributed by atoms with E-state index >= 15 is 0 Å². The van der Waals surface area contributed by atoms with E-state index in [-0.39, 0.29) is 0 Å². The first-order chi connectivity index (χ1) is 13.2. The molecule has 5 nitrogen and oxygen atoms in total. The quantitative estimate of drug-likeness (QED) is 0.742. The highest BCUT2D eigenvalue weighted by molar-refractivity contribution is 6.07. The summed E-state index contributed by atoms with van der Waals surface area (Å²) in [4.78, 5) is 13.7. The first-order valence-corrected chi connectivity index (χ1v) is 9.18. The molecule has 27 heavy (non-hydrogen) atoms. The molecule has 3 N–H and O–H groups in total. The Morgan fingerprint density at radius 3 is 2.37 bits per heavy atom. The third-order valence-corrected chi connectivity index (χ3v) is 4.96. The fraction of sp³-hybridized carbons (Fsp3) is 0.227. The topological polar surface area (TPSA) is 67.6 Å². The second-order valence-electron chi connectivity index (χ2n) is 6.78. The van der Waals surface area contributed by atoms with Gasteiger partial charge in [-0.05, 0) is 28.1 Å². The summed E-state index contributed by atoms with van der Waals surface area (Å²) < 4.78 is 5.41. The second-order valence-corrected chi connectivity index (χ2v) is 6.78. The number of urea groups is 1. The largest absolute Gasteiger partial charge is 0.379 e. The predicted octanol–water partition coefficient (Wildman–Crippen LogP) is 3.83. The fourth-order valence-electron chi connectivity index (χ4n) is 3.60. The number of primary amides is 1. The molecule has 2 amide bonds. The summed E-state index contributed by atoms with van der Waals surface area (Å²) in [5.41, 5.74) is 9.62. The zero-order chi connectivity index (χ0) is 18.6. The molecule has 0 aromatic heterocycles. The van der Waals surface area contributed by atoms with Crippen LogP contribution >= 0.6 is 0 Å². The van der Waals surface area contributed by atoms with Crippen LogP contribution in [-0.2, 0) is 11.3 Å². The maximum Gasteiger partial charge on any atom is 0.316 e. The van der Waals surface area contributed by atoms with Gasteiger partial charge < -0.3 is 15.8 Å². The van der Waals surface area contributed by atoms with Crippen molar-refractivity contribution in [1.29, 1.82) is 0 Å². The van der Waals surface area contributed by atoms with E-state index in [9.17, 15) is 4.79 Å². The number of carbonyl (C=O) groups is 1. The van der Waals surface area contributed by atoms with Gasteiger partial charge in [-0.25, -0.2) is 4.79 Å². The first kappa shape index (κ1) is 17.5. The lowest BCUT2D eigenvalue weighted by Crippen LogP contribution is -2.35. The minimum Gasteiger partial charge on any atom is -0.379 e. The normalized spacial score (nSPS) is 15.0. The van der Waals surface area contributed by atoms with E-state index in [4.69, 9.17) is 10.5 Å². The van der Waals surface area contributed by atoms with Crippen LogP contribution in [0.3, 0.4) is 0 Å². The van der Waals surface area contributed by atoms with Crippen LogP contribution in [0, 0.1) is 0 Å². The number of hydrogen-bond donors (Lipinski definition) is 2. The lowest BCUT2D eigenvalue weighted by Gasteiger charge is -2.26. The summed E-state index contributed by atoms with van der Waals surface area (Å²) in [6, 6.07) is 20.1. The van der Waals surface area contributed by atoms with Crippen molar-refractivity contribution in [3.63, 3.8) is 0 Å². The van der Waals surface area contributed by atoms with Gasteiger partial charge in [-0.15, -0.1) is 0 Å². The highest BCUT2D eigenvalue weighted by Crippen LogP contribution is 2.33. The molecule has 1 heterocycles. The van der Waals surface area contributed by atoms with E-state index in [2.05, 4.69) is 40.5 Å². The van der Waals surface area contributed by atoms with Gasteiger partial charge in [0, 0.05) is 25.0 Å². The van der Waals surface area contributed by atoms with Crippen LogP contribution in [0.25, 0.3) is 21.9 Å². The van der Waals surface area contributed by atoms with Crippen molar-refractivity contribution in [3.8, 4) is 11.1 Å². The van der Waals surface area contributed by atoms with Crippen LogP contribution in [0.2, 0.25) is 0 Å². The number of anilines is 1. The molecular weight excluding hydrogens is 338 g/mol. The minimum atomic E-state index is -0.555. The Balaban J connectivity index is 1.63. The molecule has 138 valence electrons. The Kier molecular flexibility index (Phi) is 5.05. The maximum atomic E-state index is 11.3. The van der Waals surface area contributed by atoms with E-state index in [1.807, 2.05) is 30.3 Å². The Morgan fingerprint density at radius 2 is 1.67 bits per heavy atom. The van der Waals surface area contributed by atoms with Crippen molar-refractivity contribution in [2.75, 3.05) is 31.6 Å². The van der Waals surface area contributed by atoms with Crippen LogP contribution in [0.1, 0.15) is 5.56 Å². The molecule has 4 rings (SSSR count). The summed E-state index contributed by atoms with van der Waals surface area (Å²) in [6.07, 6.45) is 0. The highest BCUT2D eigenvalue weighted by Gasteiger charge is 2.12. The molecule has 0 aliphatic carbocycles. The molecule has 0 spiro atoms. The summed E-state index contributed by atoms with van der Waals surface area (Å²) in [5.74, 6) is 0. The number of rotatable bonds is 4. The number of benzene rings is 3. The van der Waals surface area contributed by atoms with Gasteiger partial charge in [0.1, 0.15) is 0 Å². The van der Waals surface area contributed by atoms with Crippen molar-refractivity contribution in [1.82, 2.24) is 4.90 Å². The van der Waals surface area contributed by atoms with Crippen molar-refractivity contribution in [2.24, 2.45) is 5.73 Å². The monoisotopic (exact) mass is 361 g/mol. The van der Waals surface area contributed by atoms with Crippen LogP contribution in [0.5, 0.6) is 0 Å². The lowest BCUT2D eigenvalue weighted by atomic mass is 9.96. The van der Waals surface area contributed by atoms with Crippen molar-refractivity contribution >= 4 is 22.5 Å². The minimum absolute atomic E-state index is 0.555. The third kappa shape index (κ3) is 3.94. The standard InChI is InChI=1S/C22H23N3O2/c23-22(26)24-21-10-9-18(19-3-1-2-4-20(19)21)17-7-5-16(6-8-17)15-25-11-13-27-14-12-25/h1-10H,11-15H2,(H3,23,24,26). The smallest absolute Gasteiger partial charge is 0.316 e. The Morgan fingerprint density at radius 1 is 0.963 bits per heavy atom. The molecule has 0 radical (unpaired) electrons. The zero-order valence-corrected chi connectivity index (χ0v) is 15.2. The number of nitrogens with two attached hydrogens (primary N) is 1. The number of carbonyl (C=O) groups excluding carboxylic acids is 1. The molecule has 1 saturated heterocycles. The van der Waals surface area contributed by atoms with Gasteiger partial charge in [-0.1, -0.05) is 54.6 Å². The average molecular weight is 361 g/mol. The summed E-state index contributed by atoms with van der Waals surface area (Å²) in [6.45, 7) is 4.55. The Labute approximate surface area is 158 Å². The van der Waals surface area contributed by atoms with Gasteiger partial charge in [-0.3, -0.25) is 4.90 Å². The maximum absolute atomic E-state index is 11.3. The lowest BCUT2D eigenvalue weighted by molar-refractivity contribution is 0.0342. The molecule has 1 aliphatic heterocycles. The van der Waals surface area contributed by atoms with E-state index in [1.165, 1.54) is 5.56 Å². The second kappa shape index (κ2) is 7.78. The van der Waals surface area contributed by atoms with Crippen LogP contribution < -0.4 is 11.1 Å². The highest BCUT2D eigenvalue weighted by atomic mass is 16.5. The molecule has 0 saturated carbocycles. The van der Waals surface area contributed by atoms with Crippen LogP contribution in [0.4, 0.5) is 10.5 Å². The van der Waals surface area contributed by atoms with Crippen LogP contribution in [0.15, 0.2) is 60.7 Å². The van der Waals surface area contributed by atoms with Gasteiger partial charge in [0.15, 0.2) is 0 Å². The molecule has 0 unspecified atom stereocenters. The summed E-state index contributed by atoms with van der Waals surface area (Å²) in [7, 11) is 0. The predicted molar refractivity (Wildman–Crippen MR) is 109 cm³/mol. The molecule has 1 fully saturated rings. The fourth-order valence-corrected chi connectivity index (χ4v) is 3.60. The third-order valence-electron chi connectivity index (χ3n) is 4.96. The Hall–Kier alpha value is -2.89. The summed E-state index contributed by atoms with van der Waals surface area (Å²) in [5, 5.41) is 4.77. The molecule has 3 aromatic carbocycles. The van der Waals surface area contributed by atoms with Crippen LogP contribution in [-0.4, -0.2) is 37.2 Å². The SMILES string of the molecule is NC(=O)Nc1ccc(-c2ccc(CN3CCOCC3)cc2)c2ccccc12. The average Bonchev–Trinajstić information content (AvgIpc) is 2.69. The summed E-state index contributed by atoms with van der Waals surface area (Å²) >= 11 is 0. The zero-order valence-electron chi connectivity index (χ0n) is 15.2. The van der Waals surface area contributed by atoms with Crippen molar-refractivity contribution in [2.45, 2.75) is 6.54 Å². The number of nitrogens with one attached hydrogen (secondary N) is 1. The molecule has 0 bridgehead atoms. The number of ether oxygens (including phenoxy) is 1. The molecule has 1 aliphatic rings. The molecule has 0 atom stereocenters. The number of amides is 2. The molecular formula is C22H23N3O2. The van der Waals surface area contributed by atoms with E-state index in [1.54, 1.807) is 0 Å². The number of morpholine rings is 1. The van der Waals surface area contributed by atoms with E-state index in [0.717, 1.165) is 60.4 Å². The van der Waals surface area contributed by atoms with Gasteiger partial charge in [0.25, 0.3) is 0 Å². The van der Waals surface area contributed by atoms with Gasteiger partial charge in [0.05, 0.1) is 18.9 Å². The van der Waals surface area contributed by atoms with E-state index in [0.29, 0.717) is 0 Å². The number of fused-ring (bicyclic) bond motifs is 1.